The normalized spacial score (nSPS) is 24.9. The van der Waals surface area contributed by atoms with Crippen LogP contribution in [0.4, 0.5) is 0 Å². The summed E-state index contributed by atoms with van der Waals surface area (Å²) in [5.74, 6) is 0. The van der Waals surface area contributed by atoms with Gasteiger partial charge < -0.3 is 10.8 Å². The van der Waals surface area contributed by atoms with Crippen molar-refractivity contribution in [3.63, 3.8) is 0 Å². The number of aliphatic hydroxyl groups is 1. The van der Waals surface area contributed by atoms with Crippen LogP contribution in [0.3, 0.4) is 0 Å². The highest BCUT2D eigenvalue weighted by molar-refractivity contribution is 5.30. The summed E-state index contributed by atoms with van der Waals surface area (Å²) in [5.41, 5.74) is 7.05. The highest BCUT2D eigenvalue weighted by Crippen LogP contribution is 2.42. The molecule has 0 radical (unpaired) electrons. The zero-order valence-electron chi connectivity index (χ0n) is 13.3. The van der Waals surface area contributed by atoms with Crippen LogP contribution >= 0.6 is 0 Å². The molecule has 0 unspecified atom stereocenters. The van der Waals surface area contributed by atoms with E-state index in [1.807, 2.05) is 39.8 Å². The minimum Gasteiger partial charge on any atom is -0.393 e. The van der Waals surface area contributed by atoms with Crippen LogP contribution in [0.15, 0.2) is 37.0 Å². The second-order valence-corrected chi connectivity index (χ2v) is 4.28. The number of nitrogens with two attached hydrogens (primary N) is 1. The van der Waals surface area contributed by atoms with E-state index in [-0.39, 0.29) is 18.9 Å². The second-order valence-electron chi connectivity index (χ2n) is 4.28. The van der Waals surface area contributed by atoms with Gasteiger partial charge in [-0.3, -0.25) is 0 Å². The van der Waals surface area contributed by atoms with Gasteiger partial charge in [0.2, 0.25) is 0 Å². The van der Waals surface area contributed by atoms with E-state index < -0.39 is 0 Å². The topological polar surface area (TPSA) is 46.2 Å². The first-order valence-corrected chi connectivity index (χ1v) is 7.52. The molecule has 1 saturated carbocycles. The average Bonchev–Trinajstić information content (AvgIpc) is 2.50. The SMILES string of the molecule is C.C=C/C=C(\C=C)C1(CN)CCC(O)CC1.CC.CC. The number of aliphatic hydroxyl groups excluding tert-OH is 1. The molecule has 1 aliphatic carbocycles. The fraction of sp³-hybridized carbons (Fsp3) is 0.667. The van der Waals surface area contributed by atoms with Crippen molar-refractivity contribution >= 4 is 0 Å². The summed E-state index contributed by atoms with van der Waals surface area (Å²) in [6.07, 6.45) is 9.02. The molecule has 120 valence electrons. The maximum absolute atomic E-state index is 9.52. The Morgan fingerprint density at radius 2 is 1.65 bits per heavy atom. The molecule has 0 aliphatic heterocycles. The Morgan fingerprint density at radius 1 is 1.20 bits per heavy atom. The molecular formula is C18H37NO. The van der Waals surface area contributed by atoms with Gasteiger partial charge >= 0.3 is 0 Å². The molecule has 0 aromatic carbocycles. The van der Waals surface area contributed by atoms with E-state index in [2.05, 4.69) is 13.2 Å². The van der Waals surface area contributed by atoms with Gasteiger partial charge in [0.1, 0.15) is 0 Å². The lowest BCUT2D eigenvalue weighted by molar-refractivity contribution is 0.0842. The Balaban J connectivity index is -0.000000529. The van der Waals surface area contributed by atoms with E-state index in [9.17, 15) is 5.11 Å². The van der Waals surface area contributed by atoms with Crippen molar-refractivity contribution in [1.82, 2.24) is 0 Å². The fourth-order valence-corrected chi connectivity index (χ4v) is 2.35. The summed E-state index contributed by atoms with van der Waals surface area (Å²) in [6.45, 7) is 16.2. The summed E-state index contributed by atoms with van der Waals surface area (Å²) in [7, 11) is 0. The van der Waals surface area contributed by atoms with Crippen molar-refractivity contribution in [2.45, 2.75) is 66.9 Å². The highest BCUT2D eigenvalue weighted by Gasteiger charge is 2.35. The van der Waals surface area contributed by atoms with Crippen molar-refractivity contribution in [2.75, 3.05) is 6.54 Å². The monoisotopic (exact) mass is 283 g/mol. The van der Waals surface area contributed by atoms with E-state index >= 15 is 0 Å². The van der Waals surface area contributed by atoms with Crippen LogP contribution in [0.25, 0.3) is 0 Å². The Morgan fingerprint density at radius 3 is 1.95 bits per heavy atom. The maximum Gasteiger partial charge on any atom is 0.0541 e. The van der Waals surface area contributed by atoms with Gasteiger partial charge in [-0.05, 0) is 31.3 Å². The van der Waals surface area contributed by atoms with Crippen molar-refractivity contribution in [3.05, 3.63) is 37.0 Å². The van der Waals surface area contributed by atoms with Gasteiger partial charge in [-0.2, -0.15) is 0 Å². The van der Waals surface area contributed by atoms with Gasteiger partial charge in [0.25, 0.3) is 0 Å². The molecule has 0 spiro atoms. The third kappa shape index (κ3) is 7.06. The largest absolute Gasteiger partial charge is 0.393 e. The van der Waals surface area contributed by atoms with E-state index in [4.69, 9.17) is 5.73 Å². The van der Waals surface area contributed by atoms with Crippen LogP contribution in [0.2, 0.25) is 0 Å². The molecule has 0 heterocycles. The predicted octanol–water partition coefficient (Wildman–Crippen LogP) is 4.85. The smallest absolute Gasteiger partial charge is 0.0541 e. The third-order valence-corrected chi connectivity index (χ3v) is 3.43. The number of hydrogen-bond acceptors (Lipinski definition) is 2. The summed E-state index contributed by atoms with van der Waals surface area (Å²) in [4.78, 5) is 0. The Kier molecular flexibility index (Phi) is 17.6. The van der Waals surface area contributed by atoms with Gasteiger partial charge in [0, 0.05) is 12.0 Å². The van der Waals surface area contributed by atoms with Crippen LogP contribution in [-0.2, 0) is 0 Å². The molecule has 0 amide bonds. The molecule has 0 bridgehead atoms. The van der Waals surface area contributed by atoms with E-state index in [1.54, 1.807) is 6.08 Å². The van der Waals surface area contributed by atoms with Gasteiger partial charge in [0.15, 0.2) is 0 Å². The second kappa shape index (κ2) is 14.5. The first kappa shape index (κ1) is 24.2. The molecule has 1 fully saturated rings. The lowest BCUT2D eigenvalue weighted by Crippen LogP contribution is -2.37. The van der Waals surface area contributed by atoms with Crippen LogP contribution in [0.5, 0.6) is 0 Å². The Hall–Kier alpha value is -0.860. The first-order valence-electron chi connectivity index (χ1n) is 7.52. The Bertz CT molecular complexity index is 261. The van der Waals surface area contributed by atoms with Gasteiger partial charge in [-0.25, -0.2) is 0 Å². The third-order valence-electron chi connectivity index (χ3n) is 3.43. The van der Waals surface area contributed by atoms with Crippen molar-refractivity contribution in [1.29, 1.82) is 0 Å². The van der Waals surface area contributed by atoms with Crippen LogP contribution in [0, 0.1) is 5.41 Å². The molecule has 2 heteroatoms. The average molecular weight is 284 g/mol. The highest BCUT2D eigenvalue weighted by atomic mass is 16.3. The molecular weight excluding hydrogens is 246 g/mol. The van der Waals surface area contributed by atoms with E-state index in [0.717, 1.165) is 31.3 Å². The molecule has 20 heavy (non-hydrogen) atoms. The van der Waals surface area contributed by atoms with Crippen LogP contribution in [-0.4, -0.2) is 17.8 Å². The summed E-state index contributed by atoms with van der Waals surface area (Å²) in [5, 5.41) is 9.52. The van der Waals surface area contributed by atoms with E-state index in [1.165, 1.54) is 0 Å². The molecule has 0 aromatic rings. The summed E-state index contributed by atoms with van der Waals surface area (Å²) >= 11 is 0. The zero-order valence-corrected chi connectivity index (χ0v) is 13.3. The molecule has 0 aromatic heterocycles. The van der Waals surface area contributed by atoms with Gasteiger partial charge in [-0.1, -0.05) is 66.5 Å². The molecule has 2 nitrogen and oxygen atoms in total. The molecule has 1 aliphatic rings. The lowest BCUT2D eigenvalue weighted by Gasteiger charge is -2.39. The minimum absolute atomic E-state index is 0. The van der Waals surface area contributed by atoms with E-state index in [0.29, 0.717) is 6.54 Å². The molecule has 0 atom stereocenters. The standard InChI is InChI=1S/C13H21NO.2C2H6.CH4/c1-3-5-11(4-2)13(10-14)8-6-12(15)7-9-13;2*1-2;/h3-5,12,15H,1-2,6-10,14H2;2*1-2H3;1H4/b11-5+;;;. The number of rotatable bonds is 4. The quantitative estimate of drug-likeness (QED) is 0.724. The minimum atomic E-state index is -0.153. The maximum atomic E-state index is 9.52. The predicted molar refractivity (Wildman–Crippen MR) is 93.9 cm³/mol. The number of allylic oxidation sites excluding steroid dienone is 3. The molecule has 1 rings (SSSR count). The van der Waals surface area contributed by atoms with Crippen LogP contribution < -0.4 is 5.73 Å². The van der Waals surface area contributed by atoms with Crippen molar-refractivity contribution in [2.24, 2.45) is 11.1 Å². The van der Waals surface area contributed by atoms with Crippen molar-refractivity contribution < 1.29 is 5.11 Å². The summed E-state index contributed by atoms with van der Waals surface area (Å²) < 4.78 is 0. The molecule has 0 saturated heterocycles. The summed E-state index contributed by atoms with van der Waals surface area (Å²) in [6, 6.07) is 0. The van der Waals surface area contributed by atoms with Crippen molar-refractivity contribution in [3.8, 4) is 0 Å². The lowest BCUT2D eigenvalue weighted by atomic mass is 9.68. The van der Waals surface area contributed by atoms with Crippen LogP contribution in [0.1, 0.15) is 60.8 Å². The number of hydrogen-bond donors (Lipinski definition) is 2. The fourth-order valence-electron chi connectivity index (χ4n) is 2.35. The van der Waals surface area contributed by atoms with Gasteiger partial charge in [0.05, 0.1) is 6.10 Å². The van der Waals surface area contributed by atoms with Gasteiger partial charge in [-0.15, -0.1) is 0 Å². The Labute approximate surface area is 127 Å². The molecule has 3 N–H and O–H groups in total. The first-order chi connectivity index (χ1) is 9.18. The zero-order chi connectivity index (χ0) is 15.3.